The van der Waals surface area contributed by atoms with Gasteiger partial charge in [0.25, 0.3) is 0 Å². The van der Waals surface area contributed by atoms with E-state index >= 15 is 0 Å². The Morgan fingerprint density at radius 2 is 2.33 bits per heavy atom. The summed E-state index contributed by atoms with van der Waals surface area (Å²) in [5, 5.41) is 8.66. The van der Waals surface area contributed by atoms with E-state index in [-0.39, 0.29) is 0 Å². The van der Waals surface area contributed by atoms with Crippen molar-refractivity contribution in [3.63, 3.8) is 0 Å². The van der Waals surface area contributed by atoms with Gasteiger partial charge in [0.05, 0.1) is 4.11 Å². The highest BCUT2D eigenvalue weighted by Crippen LogP contribution is 1.94. The molecule has 0 spiro atoms. The van der Waals surface area contributed by atoms with Gasteiger partial charge in [0.1, 0.15) is 6.02 Å². The van der Waals surface area contributed by atoms with Gasteiger partial charge in [-0.2, -0.15) is 0 Å². The van der Waals surface area contributed by atoms with Crippen molar-refractivity contribution in [2.24, 2.45) is 22.2 Å². The Hall–Kier alpha value is -1.30. The Labute approximate surface area is 80.3 Å². The van der Waals surface area contributed by atoms with E-state index in [0.717, 1.165) is 0 Å². The van der Waals surface area contributed by atoms with E-state index in [0.29, 0.717) is 0 Å². The predicted molar refractivity (Wildman–Crippen MR) is 45.5 cm³/mol. The fourth-order valence-corrected chi connectivity index (χ4v) is 0.241. The number of nitrogens with two attached hydrogens (primary N) is 3. The van der Waals surface area contributed by atoms with Gasteiger partial charge in [-0.3, -0.25) is 9.79 Å². The van der Waals surface area contributed by atoms with Crippen LogP contribution in [0.3, 0.4) is 0 Å². The van der Waals surface area contributed by atoms with Crippen molar-refractivity contribution in [1.82, 2.24) is 0 Å². The molecular weight excluding hydrogens is 169 g/mol. The van der Waals surface area contributed by atoms with Gasteiger partial charge in [-0.25, -0.2) is 0 Å². The molecule has 0 saturated heterocycles. The summed E-state index contributed by atoms with van der Waals surface area (Å²) in [4.78, 5) is 13.6. The second-order valence-corrected chi connectivity index (χ2v) is 1.62. The Morgan fingerprint density at radius 3 is 2.75 bits per heavy atom. The largest absolute Gasteiger partial charge is 0.480 e. The molecule has 0 aromatic rings. The van der Waals surface area contributed by atoms with Crippen LogP contribution in [0.4, 0.5) is 0 Å². The number of nitrogens with zero attached hydrogens (tertiary/aromatic N) is 1. The smallest absolute Gasteiger partial charge is 0.320 e. The zero-order valence-corrected chi connectivity index (χ0v) is 6.03. The van der Waals surface area contributed by atoms with Crippen molar-refractivity contribution in [1.29, 1.82) is 0 Å². The third-order valence-electron chi connectivity index (χ3n) is 0.668. The molecule has 6 nitrogen and oxygen atoms in total. The fraction of sp³-hybridized carbons (Fsp3) is 0.667. The Morgan fingerprint density at radius 1 is 1.75 bits per heavy atom. The van der Waals surface area contributed by atoms with Gasteiger partial charge in [0.15, 0.2) is 5.96 Å². The molecule has 0 heterocycles. The molecule has 0 aromatic carbocycles. The normalized spacial score (nSPS) is 26.9. The Kier molecular flexibility index (Phi) is 1.61. The molecule has 1 atom stereocenters. The van der Waals surface area contributed by atoms with Gasteiger partial charge in [-0.1, -0.05) is 0 Å². The van der Waals surface area contributed by atoms with Crippen LogP contribution in [0.25, 0.3) is 0 Å². The molecule has 0 bridgehead atoms. The first-order valence-corrected chi connectivity index (χ1v) is 2.74. The number of aliphatic imine (C=N–C) groups is 1. The van der Waals surface area contributed by atoms with Gasteiger partial charge in [-0.05, 0) is 12.7 Å². The first kappa shape index (κ1) is 3.61. The summed E-state index contributed by atoms with van der Waals surface area (Å²) in [5.74, 6) is -3.03. The summed E-state index contributed by atoms with van der Waals surface area (Å²) in [7, 11) is 0. The lowest BCUT2D eigenvalue weighted by Crippen LogP contribution is -2.30. The van der Waals surface area contributed by atoms with E-state index in [2.05, 4.69) is 4.99 Å². The number of carbonyl (C=O) groups is 1. The molecule has 0 aromatic heterocycles. The van der Waals surface area contributed by atoms with Gasteiger partial charge < -0.3 is 22.3 Å². The van der Waals surface area contributed by atoms with Gasteiger partial charge in [0, 0.05) is 12.0 Å². The molecule has 0 unspecified atom stereocenters. The first-order valence-electron chi connectivity index (χ1n) is 6.24. The molecular formula is C6H14N4O2. The Bertz CT molecular complexity index is 404. The van der Waals surface area contributed by atoms with Gasteiger partial charge in [0.2, 0.25) is 0 Å². The maximum atomic E-state index is 10.7. The van der Waals surface area contributed by atoms with Crippen molar-refractivity contribution < 1.29 is 19.5 Å². The van der Waals surface area contributed by atoms with E-state index in [1.165, 1.54) is 0 Å². The summed E-state index contributed by atoms with van der Waals surface area (Å²) in [6, 6.07) is -3.44. The van der Waals surface area contributed by atoms with Gasteiger partial charge in [-0.15, -0.1) is 0 Å². The topological polar surface area (TPSA) is 128 Å². The SMILES string of the molecule is [2H][13C]([2H])([15N]=[13C]([15NH2])[15NH2])[13C]([2H])([2H])[13C]([2H])([2H])[13C@]([2H])(N)[13C](=O)O. The van der Waals surface area contributed by atoms with Crippen molar-refractivity contribution in [2.75, 3.05) is 6.50 Å². The van der Waals surface area contributed by atoms with Crippen molar-refractivity contribution in [3.8, 4) is 0 Å². The molecule has 0 aliphatic carbocycles. The second kappa shape index (κ2) is 5.36. The number of hydrogen-bond donors (Lipinski definition) is 4. The highest BCUT2D eigenvalue weighted by atomic mass is 16.5. The van der Waals surface area contributed by atoms with Gasteiger partial charge >= 0.3 is 5.97 Å². The maximum absolute atomic E-state index is 10.7. The average Bonchev–Trinajstić information content (AvgIpc) is 2.14. The molecule has 0 radical (unpaired) electrons. The summed E-state index contributed by atoms with van der Waals surface area (Å²) in [6.45, 7) is -3.32. The van der Waals surface area contributed by atoms with Crippen LogP contribution < -0.4 is 17.2 Å². The van der Waals surface area contributed by atoms with Crippen LogP contribution in [-0.4, -0.2) is 29.6 Å². The lowest BCUT2D eigenvalue weighted by Gasteiger charge is -2.03. The fourth-order valence-electron chi connectivity index (χ4n) is 0.241. The quantitative estimate of drug-likeness (QED) is 0.180. The number of rotatable bonds is 5. The molecule has 6 heteroatoms. The minimum absolute atomic E-state index is 0.868. The third-order valence-corrected chi connectivity index (χ3v) is 0.668. The van der Waals surface area contributed by atoms with Crippen LogP contribution in [0.1, 0.15) is 22.3 Å². The molecule has 0 aliphatic rings. The number of guanidine groups is 1. The summed E-state index contributed by atoms with van der Waals surface area (Å²) >= 11 is 0. The zero-order chi connectivity index (χ0) is 15.9. The number of carboxylic acids is 1. The lowest BCUT2D eigenvalue weighted by molar-refractivity contribution is -0.138. The number of hydrogen-bond acceptors (Lipinski definition) is 3. The van der Waals surface area contributed by atoms with E-state index in [4.69, 9.17) is 31.9 Å². The predicted octanol–water partition coefficient (Wildman–Crippen LogP) is -1.55. The standard InChI is InChI=1S/C6H14N4O2/c7-4(5(11)12)2-1-3-10-6(8)9/h4H,1-3,7H2,(H,11,12)(H4,8,9,10)/t4-/m0/s1/i1+1D2,2+1D2,3+1D2,4+1D,5+1,6+1,8+1,9+1,10+1. The average molecular weight is 190 g/mol. The number of carboxylic acid groups (broad SMARTS) is 1. The van der Waals surface area contributed by atoms with Crippen LogP contribution in [0.15, 0.2) is 4.99 Å². The monoisotopic (exact) mass is 190 g/mol. The van der Waals surface area contributed by atoms with Crippen molar-refractivity contribution >= 4 is 11.9 Å². The second-order valence-electron chi connectivity index (χ2n) is 1.62. The summed E-state index contributed by atoms with van der Waals surface area (Å²) in [6.07, 6.45) is -7.22. The molecule has 12 heavy (non-hydrogen) atoms. The Balaban J connectivity index is 5.91. The molecule has 7 N–H and O–H groups in total. The molecule has 0 rings (SSSR count). The van der Waals surface area contributed by atoms with Crippen molar-refractivity contribution in [3.05, 3.63) is 0 Å². The maximum Gasteiger partial charge on any atom is 0.320 e. The summed E-state index contributed by atoms with van der Waals surface area (Å²) in [5.41, 5.74) is 14.7. The molecule has 0 amide bonds. The van der Waals surface area contributed by atoms with Crippen LogP contribution in [0.2, 0.25) is 0 Å². The molecule has 70 valence electrons. The molecule has 0 fully saturated rings. The van der Waals surface area contributed by atoms with Crippen LogP contribution in [0, 0.1) is 0 Å². The van der Waals surface area contributed by atoms with Crippen LogP contribution in [0.5, 0.6) is 0 Å². The van der Waals surface area contributed by atoms with Crippen LogP contribution in [-0.2, 0) is 4.79 Å². The third kappa shape index (κ3) is 5.48. The van der Waals surface area contributed by atoms with E-state index in [9.17, 15) is 4.79 Å². The van der Waals surface area contributed by atoms with Crippen molar-refractivity contribution in [2.45, 2.75) is 18.8 Å². The number of aliphatic carboxylic acids is 1. The minimum atomic E-state index is -3.63. The molecule has 0 aliphatic heterocycles. The minimum Gasteiger partial charge on any atom is -0.480 e. The van der Waals surface area contributed by atoms with Crippen LogP contribution >= 0.6 is 0 Å². The zero-order valence-electron chi connectivity index (χ0n) is 13.0. The van der Waals surface area contributed by atoms with E-state index in [1.54, 1.807) is 0 Å². The highest BCUT2D eigenvalue weighted by molar-refractivity contribution is 5.75. The molecule has 0 saturated carbocycles. The summed E-state index contributed by atoms with van der Waals surface area (Å²) < 4.78 is 51.4. The highest BCUT2D eigenvalue weighted by Gasteiger charge is 2.09. The van der Waals surface area contributed by atoms with E-state index < -0.39 is 37.2 Å². The first-order chi connectivity index (χ1) is 8.11. The van der Waals surface area contributed by atoms with E-state index in [1.807, 2.05) is 0 Å². The lowest BCUT2D eigenvalue weighted by atomic mass is 11.1.